The van der Waals surface area contributed by atoms with Crippen LogP contribution in [0.3, 0.4) is 0 Å². The van der Waals surface area contributed by atoms with E-state index < -0.39 is 35.0 Å². The molecule has 0 bridgehead atoms. The normalized spacial score (nSPS) is 18.4. The van der Waals surface area contributed by atoms with Crippen molar-refractivity contribution in [1.82, 2.24) is 0 Å². The van der Waals surface area contributed by atoms with Crippen molar-refractivity contribution in [2.45, 2.75) is 18.4 Å². The first-order valence-electron chi connectivity index (χ1n) is 11.8. The van der Waals surface area contributed by atoms with Crippen molar-refractivity contribution in [1.29, 1.82) is 0 Å². The minimum Gasteiger partial charge on any atom is -0.350 e. The molecule has 38 heavy (non-hydrogen) atoms. The van der Waals surface area contributed by atoms with Gasteiger partial charge in [0.15, 0.2) is 0 Å². The SMILES string of the molecule is O=C1c2ccccc2N[C@]2(C(=O)N(Cc3ccccc3F)c3ccccc32)N1c1cccc(C(F)(F)F)c1. The Balaban J connectivity index is 1.59. The molecule has 0 saturated heterocycles. The number of para-hydroxylation sites is 2. The molecule has 2 amide bonds. The van der Waals surface area contributed by atoms with Crippen LogP contribution in [-0.4, -0.2) is 11.8 Å². The summed E-state index contributed by atoms with van der Waals surface area (Å²) in [5, 5.41) is 3.18. The van der Waals surface area contributed by atoms with Crippen molar-refractivity contribution in [2.75, 3.05) is 15.1 Å². The number of carbonyl (C=O) groups is 2. The number of hydrogen-bond donors (Lipinski definition) is 1. The molecule has 6 rings (SSSR count). The van der Waals surface area contributed by atoms with Crippen LogP contribution < -0.4 is 15.1 Å². The molecule has 4 aromatic rings. The Labute approximate surface area is 214 Å². The lowest BCUT2D eigenvalue weighted by Gasteiger charge is -2.45. The maximum atomic E-state index is 14.6. The molecule has 2 aliphatic rings. The van der Waals surface area contributed by atoms with Gasteiger partial charge < -0.3 is 10.2 Å². The monoisotopic (exact) mass is 517 g/mol. The number of carbonyl (C=O) groups excluding carboxylic acids is 2. The molecule has 0 fully saturated rings. The number of benzene rings is 4. The van der Waals surface area contributed by atoms with Gasteiger partial charge in [0.1, 0.15) is 5.82 Å². The molecule has 2 heterocycles. The van der Waals surface area contributed by atoms with Gasteiger partial charge in [0, 0.05) is 22.5 Å². The predicted octanol–water partition coefficient (Wildman–Crippen LogP) is 6.32. The van der Waals surface area contributed by atoms with E-state index in [9.17, 15) is 27.2 Å². The van der Waals surface area contributed by atoms with Gasteiger partial charge in [0.2, 0.25) is 5.66 Å². The summed E-state index contributed by atoms with van der Waals surface area (Å²) in [5.74, 6) is -1.77. The molecule has 0 saturated carbocycles. The third-order valence-corrected chi connectivity index (χ3v) is 6.87. The van der Waals surface area contributed by atoms with Crippen LogP contribution in [0.5, 0.6) is 0 Å². The van der Waals surface area contributed by atoms with E-state index in [1.807, 2.05) is 0 Å². The summed E-state index contributed by atoms with van der Waals surface area (Å²) < 4.78 is 55.6. The molecule has 0 aliphatic carbocycles. The molecule has 2 aliphatic heterocycles. The van der Waals surface area contributed by atoms with Gasteiger partial charge in [0.05, 0.1) is 23.4 Å². The maximum absolute atomic E-state index is 14.6. The van der Waals surface area contributed by atoms with E-state index >= 15 is 0 Å². The minimum atomic E-state index is -4.66. The summed E-state index contributed by atoms with van der Waals surface area (Å²) >= 11 is 0. The molecule has 5 nitrogen and oxygen atoms in total. The van der Waals surface area contributed by atoms with Crippen LogP contribution in [0.1, 0.15) is 27.0 Å². The van der Waals surface area contributed by atoms with Crippen molar-refractivity contribution >= 4 is 28.9 Å². The maximum Gasteiger partial charge on any atom is 0.416 e. The Hall–Kier alpha value is -4.66. The summed E-state index contributed by atoms with van der Waals surface area (Å²) in [7, 11) is 0. The Bertz CT molecular complexity index is 1600. The zero-order valence-corrected chi connectivity index (χ0v) is 19.7. The van der Waals surface area contributed by atoms with Crippen LogP contribution in [-0.2, 0) is 23.2 Å². The first kappa shape index (κ1) is 23.7. The third-order valence-electron chi connectivity index (χ3n) is 6.87. The lowest BCUT2D eigenvalue weighted by Crippen LogP contribution is -2.63. The van der Waals surface area contributed by atoms with E-state index in [-0.39, 0.29) is 23.4 Å². The summed E-state index contributed by atoms with van der Waals surface area (Å²) in [6.07, 6.45) is -4.66. The zero-order chi connectivity index (χ0) is 26.7. The van der Waals surface area contributed by atoms with Gasteiger partial charge in [-0.05, 0) is 42.5 Å². The van der Waals surface area contributed by atoms with E-state index in [1.165, 1.54) is 29.2 Å². The van der Waals surface area contributed by atoms with Crippen LogP contribution in [0.25, 0.3) is 0 Å². The lowest BCUT2D eigenvalue weighted by atomic mass is 9.92. The second-order valence-electron chi connectivity index (χ2n) is 9.07. The second kappa shape index (κ2) is 8.44. The van der Waals surface area contributed by atoms with Gasteiger partial charge in [-0.3, -0.25) is 14.5 Å². The van der Waals surface area contributed by atoms with E-state index in [0.29, 0.717) is 16.9 Å². The van der Waals surface area contributed by atoms with Gasteiger partial charge >= 0.3 is 6.18 Å². The summed E-state index contributed by atoms with van der Waals surface area (Å²) in [6, 6.07) is 23.5. The number of rotatable bonds is 3. The number of halogens is 4. The Kier molecular flexibility index (Phi) is 5.27. The van der Waals surface area contributed by atoms with Crippen molar-refractivity contribution in [3.05, 3.63) is 125 Å². The van der Waals surface area contributed by atoms with Gasteiger partial charge in [-0.25, -0.2) is 4.39 Å². The smallest absolute Gasteiger partial charge is 0.350 e. The molecule has 4 aromatic carbocycles. The Morgan fingerprint density at radius 3 is 2.32 bits per heavy atom. The van der Waals surface area contributed by atoms with Gasteiger partial charge in [0.25, 0.3) is 11.8 Å². The number of alkyl halides is 3. The first-order valence-corrected chi connectivity index (χ1v) is 11.8. The molecule has 0 unspecified atom stereocenters. The number of nitrogens with one attached hydrogen (secondary N) is 1. The van der Waals surface area contributed by atoms with Gasteiger partial charge in [-0.2, -0.15) is 13.2 Å². The van der Waals surface area contributed by atoms with Crippen LogP contribution in [0.15, 0.2) is 97.1 Å². The molecule has 190 valence electrons. The van der Waals surface area contributed by atoms with E-state index in [0.717, 1.165) is 17.0 Å². The first-order chi connectivity index (χ1) is 18.2. The minimum absolute atomic E-state index is 0.109. The van der Waals surface area contributed by atoms with Crippen LogP contribution >= 0.6 is 0 Å². The highest BCUT2D eigenvalue weighted by Crippen LogP contribution is 2.50. The summed E-state index contributed by atoms with van der Waals surface area (Å²) in [5.41, 5.74) is -1.39. The second-order valence-corrected chi connectivity index (χ2v) is 9.07. The van der Waals surface area contributed by atoms with E-state index in [1.54, 1.807) is 60.7 Å². The van der Waals surface area contributed by atoms with Crippen LogP contribution in [0.2, 0.25) is 0 Å². The van der Waals surface area contributed by atoms with Crippen molar-refractivity contribution < 1.29 is 27.2 Å². The largest absolute Gasteiger partial charge is 0.416 e. The van der Waals surface area contributed by atoms with E-state index in [2.05, 4.69) is 5.32 Å². The van der Waals surface area contributed by atoms with Crippen LogP contribution in [0.4, 0.5) is 34.6 Å². The number of fused-ring (bicyclic) bond motifs is 3. The highest BCUT2D eigenvalue weighted by molar-refractivity contribution is 6.22. The summed E-state index contributed by atoms with van der Waals surface area (Å²) in [4.78, 5) is 30.8. The fraction of sp³-hybridized carbons (Fsp3) is 0.103. The topological polar surface area (TPSA) is 52.7 Å². The molecule has 1 atom stereocenters. The lowest BCUT2D eigenvalue weighted by molar-refractivity contribution is -0.137. The number of anilines is 3. The van der Waals surface area contributed by atoms with Gasteiger partial charge in [-0.15, -0.1) is 0 Å². The molecule has 0 aromatic heterocycles. The fourth-order valence-electron chi connectivity index (χ4n) is 5.16. The van der Waals surface area contributed by atoms with Crippen molar-refractivity contribution in [3.8, 4) is 0 Å². The van der Waals surface area contributed by atoms with E-state index in [4.69, 9.17) is 0 Å². The number of amides is 2. The summed E-state index contributed by atoms with van der Waals surface area (Å²) in [6.45, 7) is -0.141. The Morgan fingerprint density at radius 2 is 1.53 bits per heavy atom. The molecule has 1 N–H and O–H groups in total. The average Bonchev–Trinajstić information content (AvgIpc) is 3.13. The number of hydrogen-bond acceptors (Lipinski definition) is 3. The highest BCUT2D eigenvalue weighted by Gasteiger charge is 2.59. The zero-order valence-electron chi connectivity index (χ0n) is 19.7. The standard InChI is InChI=1S/C29H19F4N3O2/c30-23-13-4-1-8-18(23)17-35-25-15-6-3-12-22(25)28(27(35)38)34-24-14-5-2-11-21(24)26(37)36(28)20-10-7-9-19(16-20)29(31,32)33/h1-16,34H,17H2/t28-/m0/s1. The van der Waals surface area contributed by atoms with Crippen molar-refractivity contribution in [2.24, 2.45) is 0 Å². The molecular weight excluding hydrogens is 498 g/mol. The molecule has 0 radical (unpaired) electrons. The van der Waals surface area contributed by atoms with Gasteiger partial charge in [-0.1, -0.05) is 54.6 Å². The fourth-order valence-corrected chi connectivity index (χ4v) is 5.16. The predicted molar refractivity (Wildman–Crippen MR) is 134 cm³/mol. The molecular formula is C29H19F4N3O2. The molecule has 9 heteroatoms. The average molecular weight is 517 g/mol. The quantitative estimate of drug-likeness (QED) is 0.324. The van der Waals surface area contributed by atoms with Crippen LogP contribution in [0, 0.1) is 5.82 Å². The highest BCUT2D eigenvalue weighted by atomic mass is 19.4. The van der Waals surface area contributed by atoms with Crippen molar-refractivity contribution in [3.63, 3.8) is 0 Å². The Morgan fingerprint density at radius 1 is 0.816 bits per heavy atom. The number of nitrogens with zero attached hydrogens (tertiary/aromatic N) is 2. The third kappa shape index (κ3) is 3.46. The molecule has 1 spiro atoms.